The van der Waals surface area contributed by atoms with Gasteiger partial charge in [-0.1, -0.05) is 13.8 Å². The Labute approximate surface area is 227 Å². The van der Waals surface area contributed by atoms with Crippen LogP contribution in [0.3, 0.4) is 0 Å². The van der Waals surface area contributed by atoms with E-state index in [4.69, 9.17) is 9.47 Å². The van der Waals surface area contributed by atoms with Gasteiger partial charge in [-0.25, -0.2) is 17.6 Å². The van der Waals surface area contributed by atoms with Gasteiger partial charge < -0.3 is 19.7 Å². The van der Waals surface area contributed by atoms with Crippen LogP contribution in [0.5, 0.6) is 23.0 Å². The molecule has 1 aliphatic heterocycles. The molecule has 0 radical (unpaired) electrons. The lowest BCUT2D eigenvalue weighted by molar-refractivity contribution is -0.127. The summed E-state index contributed by atoms with van der Waals surface area (Å²) in [6.45, 7) is 4.72. The van der Waals surface area contributed by atoms with Crippen LogP contribution >= 0.6 is 0 Å². The molecule has 0 unspecified atom stereocenters. The van der Waals surface area contributed by atoms with Crippen molar-refractivity contribution in [3.8, 4) is 23.0 Å². The number of amides is 2. The molecule has 0 aliphatic carbocycles. The zero-order valence-corrected chi connectivity index (χ0v) is 22.8. The molecule has 8 nitrogen and oxygen atoms in total. The van der Waals surface area contributed by atoms with Crippen molar-refractivity contribution < 1.29 is 31.9 Å². The summed E-state index contributed by atoms with van der Waals surface area (Å²) >= 11 is 0. The summed E-state index contributed by atoms with van der Waals surface area (Å²) < 4.78 is 48.7. The predicted octanol–water partition coefficient (Wildman–Crippen LogP) is 6.28. The van der Waals surface area contributed by atoms with Crippen LogP contribution < -0.4 is 14.8 Å². The maximum absolute atomic E-state index is 13.3. The van der Waals surface area contributed by atoms with E-state index in [-0.39, 0.29) is 28.5 Å². The molecule has 3 aromatic carbocycles. The fraction of sp³-hybridized carbons (Fsp3) is 0.310. The third-order valence-electron chi connectivity index (χ3n) is 6.42. The third kappa shape index (κ3) is 7.57. The summed E-state index contributed by atoms with van der Waals surface area (Å²) in [5, 5.41) is 2.87. The van der Waals surface area contributed by atoms with Crippen LogP contribution in [-0.2, 0) is 14.6 Å². The molecular weight excluding hydrogens is 523 g/mol. The van der Waals surface area contributed by atoms with Gasteiger partial charge in [0, 0.05) is 55.1 Å². The number of Topliss-reactive ketones (excluding diaryl/α,β-unsaturated/α-hetero) is 1. The topological polar surface area (TPSA) is 102 Å². The number of likely N-dealkylation sites (tertiary alicyclic amines) is 1. The predicted molar refractivity (Wildman–Crippen MR) is 146 cm³/mol. The SMILES string of the molecule is CC(C)C(=O)C1CCN(C(=O)Nc2cc(Oc3ccc(F)cc3)cc(Oc3ccc(S(C)(=O)=O)cc3)c2)CC1. The Hall–Kier alpha value is -3.92. The number of nitrogens with zero attached hydrogens (tertiary/aromatic N) is 1. The van der Waals surface area contributed by atoms with Crippen molar-refractivity contribution in [2.24, 2.45) is 11.8 Å². The maximum Gasteiger partial charge on any atom is 0.321 e. The van der Waals surface area contributed by atoms with Crippen LogP contribution in [0, 0.1) is 17.7 Å². The molecule has 4 rings (SSSR count). The summed E-state index contributed by atoms with van der Waals surface area (Å²) in [6.07, 6.45) is 2.37. The Balaban J connectivity index is 1.52. The molecule has 0 saturated carbocycles. The van der Waals surface area contributed by atoms with Crippen molar-refractivity contribution in [3.05, 3.63) is 72.5 Å². The van der Waals surface area contributed by atoms with E-state index in [1.165, 1.54) is 48.5 Å². The number of ether oxygens (including phenoxy) is 2. The Morgan fingerprint density at radius 1 is 0.872 bits per heavy atom. The van der Waals surface area contributed by atoms with Gasteiger partial charge in [-0.05, 0) is 61.4 Å². The zero-order chi connectivity index (χ0) is 28.2. The number of urea groups is 1. The monoisotopic (exact) mass is 554 g/mol. The average Bonchev–Trinajstić information content (AvgIpc) is 2.89. The van der Waals surface area contributed by atoms with Gasteiger partial charge in [-0.2, -0.15) is 0 Å². The average molecular weight is 555 g/mol. The van der Waals surface area contributed by atoms with Gasteiger partial charge in [0.25, 0.3) is 0 Å². The summed E-state index contributed by atoms with van der Waals surface area (Å²) in [7, 11) is -3.35. The van der Waals surface area contributed by atoms with E-state index in [1.807, 2.05) is 13.8 Å². The highest BCUT2D eigenvalue weighted by Gasteiger charge is 2.28. The molecular formula is C29H31FN2O6S. The number of piperidine rings is 1. The summed E-state index contributed by atoms with van der Waals surface area (Å²) in [6, 6.07) is 16.0. The first-order valence-corrected chi connectivity index (χ1v) is 14.5. The van der Waals surface area contributed by atoms with Gasteiger partial charge in [-0.15, -0.1) is 0 Å². The Morgan fingerprint density at radius 2 is 1.38 bits per heavy atom. The zero-order valence-electron chi connectivity index (χ0n) is 22.0. The first-order chi connectivity index (χ1) is 18.5. The molecule has 1 fully saturated rings. The first kappa shape index (κ1) is 28.1. The second-order valence-electron chi connectivity index (χ2n) is 9.84. The minimum absolute atomic E-state index is 0.0276. The van der Waals surface area contributed by atoms with Crippen LogP contribution in [0.15, 0.2) is 71.6 Å². The molecule has 0 aromatic heterocycles. The van der Waals surface area contributed by atoms with Crippen LogP contribution in [0.2, 0.25) is 0 Å². The van der Waals surface area contributed by atoms with Gasteiger partial charge in [0.2, 0.25) is 0 Å². The van der Waals surface area contributed by atoms with Crippen LogP contribution in [0.4, 0.5) is 14.9 Å². The molecule has 1 N–H and O–H groups in total. The smallest absolute Gasteiger partial charge is 0.321 e. The van der Waals surface area contributed by atoms with Crippen molar-refractivity contribution >= 4 is 27.3 Å². The van der Waals surface area contributed by atoms with E-state index < -0.39 is 15.7 Å². The lowest BCUT2D eigenvalue weighted by Crippen LogP contribution is -2.43. The van der Waals surface area contributed by atoms with Crippen LogP contribution in [0.25, 0.3) is 0 Å². The Morgan fingerprint density at radius 3 is 1.87 bits per heavy atom. The standard InChI is InChI=1S/C29H31FN2O6S/c1-19(2)28(33)20-12-14-32(15-13-20)29(34)31-22-16-25(37-23-6-4-21(30)5-7-23)18-26(17-22)38-24-8-10-27(11-9-24)39(3,35)36/h4-11,16-20H,12-15H2,1-3H3,(H,31,34). The summed E-state index contributed by atoms with van der Waals surface area (Å²) in [5.74, 6) is 1.21. The minimum atomic E-state index is -3.35. The molecule has 10 heteroatoms. The van der Waals surface area contributed by atoms with Crippen molar-refractivity contribution in [2.75, 3.05) is 24.7 Å². The van der Waals surface area contributed by atoms with E-state index in [0.29, 0.717) is 54.6 Å². The van der Waals surface area contributed by atoms with Gasteiger partial charge in [0.1, 0.15) is 34.6 Å². The van der Waals surface area contributed by atoms with E-state index in [9.17, 15) is 22.4 Å². The fourth-order valence-electron chi connectivity index (χ4n) is 4.33. The Bertz CT molecular complexity index is 1430. The highest BCUT2D eigenvalue weighted by atomic mass is 32.2. The lowest BCUT2D eigenvalue weighted by atomic mass is 9.87. The fourth-order valence-corrected chi connectivity index (χ4v) is 4.96. The molecule has 1 aliphatic rings. The molecule has 1 saturated heterocycles. The molecule has 2 amide bonds. The lowest BCUT2D eigenvalue weighted by Gasteiger charge is -2.32. The second-order valence-corrected chi connectivity index (χ2v) is 11.9. The summed E-state index contributed by atoms with van der Waals surface area (Å²) in [4.78, 5) is 27.2. The van der Waals surface area contributed by atoms with Crippen molar-refractivity contribution in [1.29, 1.82) is 0 Å². The second kappa shape index (κ2) is 11.9. The number of carbonyl (C=O) groups is 2. The number of halogens is 1. The van der Waals surface area contributed by atoms with E-state index >= 15 is 0 Å². The van der Waals surface area contributed by atoms with Crippen LogP contribution in [-0.4, -0.2) is 44.5 Å². The molecule has 1 heterocycles. The van der Waals surface area contributed by atoms with Gasteiger partial charge in [0.15, 0.2) is 9.84 Å². The van der Waals surface area contributed by atoms with E-state index in [0.717, 1.165) is 6.26 Å². The molecule has 0 atom stereocenters. The minimum Gasteiger partial charge on any atom is -0.457 e. The van der Waals surface area contributed by atoms with Crippen molar-refractivity contribution in [1.82, 2.24) is 4.90 Å². The highest BCUT2D eigenvalue weighted by Crippen LogP contribution is 2.33. The number of anilines is 1. The number of carbonyl (C=O) groups excluding carboxylic acids is 2. The van der Waals surface area contributed by atoms with Crippen LogP contribution in [0.1, 0.15) is 26.7 Å². The number of hydrogen-bond acceptors (Lipinski definition) is 6. The molecule has 206 valence electrons. The Kier molecular flexibility index (Phi) is 8.54. The number of sulfone groups is 1. The number of benzene rings is 3. The normalized spacial score (nSPS) is 14.2. The number of ketones is 1. The molecule has 0 bridgehead atoms. The van der Waals surface area contributed by atoms with Gasteiger partial charge in [-0.3, -0.25) is 4.79 Å². The number of hydrogen-bond donors (Lipinski definition) is 1. The van der Waals surface area contributed by atoms with Gasteiger partial charge in [0.05, 0.1) is 4.90 Å². The molecule has 0 spiro atoms. The quantitative estimate of drug-likeness (QED) is 0.352. The van der Waals surface area contributed by atoms with Gasteiger partial charge >= 0.3 is 6.03 Å². The number of rotatable bonds is 8. The maximum atomic E-state index is 13.3. The first-order valence-electron chi connectivity index (χ1n) is 12.6. The van der Waals surface area contributed by atoms with Crippen molar-refractivity contribution in [3.63, 3.8) is 0 Å². The largest absolute Gasteiger partial charge is 0.457 e. The van der Waals surface area contributed by atoms with E-state index in [2.05, 4.69) is 5.32 Å². The molecule has 3 aromatic rings. The highest BCUT2D eigenvalue weighted by molar-refractivity contribution is 7.90. The summed E-state index contributed by atoms with van der Waals surface area (Å²) in [5.41, 5.74) is 0.405. The van der Waals surface area contributed by atoms with Crippen molar-refractivity contribution in [2.45, 2.75) is 31.6 Å². The number of nitrogens with one attached hydrogen (secondary N) is 1. The third-order valence-corrected chi connectivity index (χ3v) is 7.55. The van der Waals surface area contributed by atoms with E-state index in [1.54, 1.807) is 23.1 Å². The molecule has 39 heavy (non-hydrogen) atoms.